The van der Waals surface area contributed by atoms with E-state index >= 15 is 0 Å². The minimum Gasteiger partial charge on any atom is -0.268 e. The second-order valence-corrected chi connectivity index (χ2v) is 7.90. The molecule has 1 aromatic carbocycles. The zero-order valence-electron chi connectivity index (χ0n) is 12.6. The van der Waals surface area contributed by atoms with E-state index in [1.54, 1.807) is 18.3 Å². The molecule has 0 spiro atoms. The number of aryl methyl sites for hydroxylation is 1. The average Bonchev–Trinajstić information content (AvgIpc) is 2.87. The second kappa shape index (κ2) is 6.23. The Bertz CT molecular complexity index is 1010. The summed E-state index contributed by atoms with van der Waals surface area (Å²) in [7, 11) is -4.01. The Morgan fingerprint density at radius 3 is 2.44 bits per heavy atom. The highest BCUT2D eigenvalue weighted by Gasteiger charge is 2.29. The van der Waals surface area contributed by atoms with Crippen molar-refractivity contribution in [2.45, 2.75) is 22.2 Å². The molecule has 0 aliphatic carbocycles. The molecule has 25 heavy (non-hydrogen) atoms. The van der Waals surface area contributed by atoms with E-state index in [9.17, 15) is 21.6 Å². The molecule has 1 N–H and O–H groups in total. The number of hydrogen-bond acceptors (Lipinski definition) is 5. The van der Waals surface area contributed by atoms with Crippen LogP contribution in [0.1, 0.15) is 5.56 Å². The van der Waals surface area contributed by atoms with Crippen LogP contribution in [0.4, 0.5) is 19.1 Å². The molecule has 0 aliphatic rings. The summed E-state index contributed by atoms with van der Waals surface area (Å²) in [5.41, 5.74) is -3.03. The lowest BCUT2D eigenvalue weighted by molar-refractivity contribution is -0.0328. The van der Waals surface area contributed by atoms with Gasteiger partial charge in [0, 0.05) is 11.1 Å². The van der Waals surface area contributed by atoms with Crippen molar-refractivity contribution < 1.29 is 21.6 Å². The molecule has 0 unspecified atom stereocenters. The Kier molecular flexibility index (Phi) is 4.37. The van der Waals surface area contributed by atoms with Crippen LogP contribution in [0.5, 0.6) is 0 Å². The van der Waals surface area contributed by atoms with Gasteiger partial charge in [-0.2, -0.15) is 13.2 Å². The lowest BCUT2D eigenvalue weighted by atomic mass is 10.3. The van der Waals surface area contributed by atoms with Crippen molar-refractivity contribution in [3.05, 3.63) is 48.2 Å². The van der Waals surface area contributed by atoms with Crippen LogP contribution in [0.25, 0.3) is 5.65 Å². The van der Waals surface area contributed by atoms with E-state index in [0.717, 1.165) is 29.8 Å². The minimum absolute atomic E-state index is 0.0104. The van der Waals surface area contributed by atoms with Crippen LogP contribution in [0, 0.1) is 6.92 Å². The molecule has 0 saturated carbocycles. The second-order valence-electron chi connectivity index (χ2n) is 5.08. The number of thioether (sulfide) groups is 1. The molecule has 11 heteroatoms. The first-order chi connectivity index (χ1) is 11.6. The lowest BCUT2D eigenvalue weighted by Crippen LogP contribution is -2.15. The molecule has 0 fully saturated rings. The number of halogens is 3. The summed E-state index contributed by atoms with van der Waals surface area (Å²) >= 11 is -0.313. The largest absolute Gasteiger partial charge is 0.446 e. The summed E-state index contributed by atoms with van der Waals surface area (Å²) in [5, 5.41) is 7.65. The van der Waals surface area contributed by atoms with Crippen LogP contribution in [-0.4, -0.2) is 28.5 Å². The summed E-state index contributed by atoms with van der Waals surface area (Å²) in [6.45, 7) is 1.86. The topological polar surface area (TPSA) is 76.4 Å². The van der Waals surface area contributed by atoms with Crippen molar-refractivity contribution in [2.24, 2.45) is 0 Å². The zero-order valence-corrected chi connectivity index (χ0v) is 14.3. The van der Waals surface area contributed by atoms with E-state index in [-0.39, 0.29) is 27.5 Å². The third-order valence-electron chi connectivity index (χ3n) is 3.16. The van der Waals surface area contributed by atoms with Gasteiger partial charge >= 0.3 is 5.51 Å². The summed E-state index contributed by atoms with van der Waals surface area (Å²) in [6, 6.07) is 7.88. The van der Waals surface area contributed by atoms with E-state index in [2.05, 4.69) is 14.9 Å². The van der Waals surface area contributed by atoms with E-state index < -0.39 is 15.5 Å². The van der Waals surface area contributed by atoms with Crippen LogP contribution in [0.3, 0.4) is 0 Å². The standard InChI is InChI=1S/C14H11F3N4O2S2/c1-9-6-7-21-12(8-9)18-19-13(21)20-25(22,23)11-4-2-10(3-5-11)24-14(15,16)17/h2-8H,1H3,(H,19,20). The highest BCUT2D eigenvalue weighted by Crippen LogP contribution is 2.37. The zero-order chi connectivity index (χ0) is 18.2. The van der Waals surface area contributed by atoms with Crippen LogP contribution < -0.4 is 4.72 Å². The molecule has 0 radical (unpaired) electrons. The van der Waals surface area contributed by atoms with Crippen molar-refractivity contribution in [3.8, 4) is 0 Å². The van der Waals surface area contributed by atoms with Gasteiger partial charge in [0.2, 0.25) is 5.95 Å². The summed E-state index contributed by atoms with van der Waals surface area (Å²) in [5.74, 6) is -0.0104. The predicted octanol–water partition coefficient (Wildman–Crippen LogP) is 3.45. The molecule has 132 valence electrons. The number of fused-ring (bicyclic) bond motifs is 1. The number of sulfonamides is 1. The summed E-state index contributed by atoms with van der Waals surface area (Å²) in [6.07, 6.45) is 1.62. The molecular weight excluding hydrogens is 377 g/mol. The normalized spacial score (nSPS) is 12.5. The molecule has 0 bridgehead atoms. The number of alkyl halides is 3. The average molecular weight is 388 g/mol. The highest BCUT2D eigenvalue weighted by atomic mass is 32.2. The smallest absolute Gasteiger partial charge is 0.268 e. The van der Waals surface area contributed by atoms with Crippen molar-refractivity contribution in [3.63, 3.8) is 0 Å². The number of rotatable bonds is 4. The Morgan fingerprint density at radius 1 is 1.12 bits per heavy atom. The molecule has 0 atom stereocenters. The van der Waals surface area contributed by atoms with Crippen molar-refractivity contribution in [1.29, 1.82) is 0 Å². The molecule has 2 heterocycles. The molecule has 0 aliphatic heterocycles. The number of nitrogens with zero attached hydrogens (tertiary/aromatic N) is 3. The molecule has 3 aromatic rings. The molecule has 0 amide bonds. The summed E-state index contributed by atoms with van der Waals surface area (Å²) < 4.78 is 65.5. The number of benzene rings is 1. The predicted molar refractivity (Wildman–Crippen MR) is 86.9 cm³/mol. The van der Waals surface area contributed by atoms with Crippen LogP contribution >= 0.6 is 11.8 Å². The van der Waals surface area contributed by atoms with Gasteiger partial charge in [-0.05, 0) is 60.6 Å². The quantitative estimate of drug-likeness (QED) is 0.693. The van der Waals surface area contributed by atoms with E-state index in [1.165, 1.54) is 4.40 Å². The number of anilines is 1. The number of aromatic nitrogens is 3. The Balaban J connectivity index is 1.86. The van der Waals surface area contributed by atoms with E-state index in [4.69, 9.17) is 0 Å². The highest BCUT2D eigenvalue weighted by molar-refractivity contribution is 8.00. The van der Waals surface area contributed by atoms with Gasteiger partial charge in [-0.1, -0.05) is 0 Å². The molecule has 0 saturated heterocycles. The fourth-order valence-corrected chi connectivity index (χ4v) is 3.59. The first kappa shape index (κ1) is 17.5. The van der Waals surface area contributed by atoms with Crippen LogP contribution in [0.2, 0.25) is 0 Å². The SMILES string of the molecule is Cc1ccn2c(NS(=O)(=O)c3ccc(SC(F)(F)F)cc3)nnc2c1. The van der Waals surface area contributed by atoms with Gasteiger partial charge < -0.3 is 0 Å². The lowest BCUT2D eigenvalue weighted by Gasteiger charge is -2.08. The van der Waals surface area contributed by atoms with Gasteiger partial charge in [0.1, 0.15) is 0 Å². The maximum atomic E-state index is 12.4. The van der Waals surface area contributed by atoms with Crippen LogP contribution in [-0.2, 0) is 10.0 Å². The first-order valence-electron chi connectivity index (χ1n) is 6.84. The summed E-state index contributed by atoms with van der Waals surface area (Å²) in [4.78, 5) is -0.280. The van der Waals surface area contributed by atoms with Gasteiger partial charge in [-0.3, -0.25) is 4.40 Å². The Labute approximate surface area is 145 Å². The van der Waals surface area contributed by atoms with Gasteiger partial charge in [-0.25, -0.2) is 13.1 Å². The van der Waals surface area contributed by atoms with Crippen LogP contribution in [0.15, 0.2) is 52.4 Å². The fourth-order valence-electron chi connectivity index (χ4n) is 2.06. The monoisotopic (exact) mass is 388 g/mol. The Morgan fingerprint density at radius 2 is 1.80 bits per heavy atom. The molecule has 3 rings (SSSR count). The van der Waals surface area contributed by atoms with Crippen molar-refractivity contribution in [2.75, 3.05) is 4.72 Å². The number of nitrogens with one attached hydrogen (secondary N) is 1. The van der Waals surface area contributed by atoms with Crippen molar-refractivity contribution in [1.82, 2.24) is 14.6 Å². The third-order valence-corrected chi connectivity index (χ3v) is 5.24. The fraction of sp³-hybridized carbons (Fsp3) is 0.143. The van der Waals surface area contributed by atoms with Gasteiger partial charge in [0.15, 0.2) is 5.65 Å². The number of hydrogen-bond donors (Lipinski definition) is 1. The van der Waals surface area contributed by atoms with Gasteiger partial charge in [0.25, 0.3) is 10.0 Å². The van der Waals surface area contributed by atoms with E-state index in [0.29, 0.717) is 5.65 Å². The molecule has 2 aromatic heterocycles. The van der Waals surface area contributed by atoms with Gasteiger partial charge in [-0.15, -0.1) is 10.2 Å². The van der Waals surface area contributed by atoms with Crippen molar-refractivity contribution >= 4 is 33.4 Å². The maximum Gasteiger partial charge on any atom is 0.446 e. The number of pyridine rings is 1. The molecule has 6 nitrogen and oxygen atoms in total. The Hall–Kier alpha value is -2.27. The first-order valence-corrected chi connectivity index (χ1v) is 9.14. The minimum atomic E-state index is -4.43. The van der Waals surface area contributed by atoms with E-state index in [1.807, 2.05) is 6.92 Å². The van der Waals surface area contributed by atoms with Gasteiger partial charge in [0.05, 0.1) is 4.90 Å². The third kappa shape index (κ3) is 4.04. The maximum absolute atomic E-state index is 12.4. The molecular formula is C14H11F3N4O2S2.